The predicted molar refractivity (Wildman–Crippen MR) is 122 cm³/mol. The highest BCUT2D eigenvalue weighted by Crippen LogP contribution is 2.18. The van der Waals surface area contributed by atoms with Crippen LogP contribution in [0.2, 0.25) is 0 Å². The van der Waals surface area contributed by atoms with Crippen molar-refractivity contribution in [3.63, 3.8) is 0 Å². The molecule has 1 unspecified atom stereocenters. The summed E-state index contributed by atoms with van der Waals surface area (Å²) in [5, 5.41) is 8.04. The minimum atomic E-state index is -3.75. The Hall–Kier alpha value is -2.91. The SMILES string of the molecule is CC(C)C(NC(=O)Nc1ccccc1)C(=O)Nc1cccc(S(=O)(=O)NC(C)(C)C)c1. The zero-order valence-electron chi connectivity index (χ0n) is 18.4. The van der Waals surface area contributed by atoms with Gasteiger partial charge >= 0.3 is 6.03 Å². The number of amides is 3. The van der Waals surface area contributed by atoms with Crippen molar-refractivity contribution in [2.24, 2.45) is 5.92 Å². The molecule has 0 aliphatic rings. The molecule has 0 spiro atoms. The zero-order valence-corrected chi connectivity index (χ0v) is 19.2. The van der Waals surface area contributed by atoms with Gasteiger partial charge in [0.1, 0.15) is 6.04 Å². The largest absolute Gasteiger partial charge is 0.326 e. The van der Waals surface area contributed by atoms with Gasteiger partial charge in [-0.2, -0.15) is 0 Å². The van der Waals surface area contributed by atoms with E-state index < -0.39 is 33.5 Å². The molecule has 31 heavy (non-hydrogen) atoms. The average molecular weight is 447 g/mol. The molecule has 0 radical (unpaired) electrons. The number of hydrogen-bond acceptors (Lipinski definition) is 4. The van der Waals surface area contributed by atoms with E-state index in [2.05, 4.69) is 20.7 Å². The minimum Gasteiger partial charge on any atom is -0.326 e. The lowest BCUT2D eigenvalue weighted by Gasteiger charge is -2.22. The molecule has 9 heteroatoms. The fourth-order valence-corrected chi connectivity index (χ4v) is 4.25. The first kappa shape index (κ1) is 24.4. The monoisotopic (exact) mass is 446 g/mol. The van der Waals surface area contributed by atoms with Crippen LogP contribution in [0.5, 0.6) is 0 Å². The molecule has 2 aromatic carbocycles. The van der Waals surface area contributed by atoms with Gasteiger partial charge in [0.05, 0.1) is 4.90 Å². The van der Waals surface area contributed by atoms with Gasteiger partial charge in [0.2, 0.25) is 15.9 Å². The van der Waals surface area contributed by atoms with Crippen molar-refractivity contribution in [2.75, 3.05) is 10.6 Å². The van der Waals surface area contributed by atoms with Gasteiger partial charge in [-0.25, -0.2) is 17.9 Å². The van der Waals surface area contributed by atoms with Crippen LogP contribution in [0.3, 0.4) is 0 Å². The number of nitrogens with one attached hydrogen (secondary N) is 4. The summed E-state index contributed by atoms with van der Waals surface area (Å²) in [7, 11) is -3.75. The van der Waals surface area contributed by atoms with Gasteiger partial charge < -0.3 is 16.0 Å². The summed E-state index contributed by atoms with van der Waals surface area (Å²) in [6, 6.07) is 13.5. The van der Waals surface area contributed by atoms with E-state index in [1.807, 2.05) is 6.07 Å². The first-order valence-electron chi connectivity index (χ1n) is 9.95. The van der Waals surface area contributed by atoms with E-state index in [9.17, 15) is 18.0 Å². The van der Waals surface area contributed by atoms with Crippen molar-refractivity contribution in [2.45, 2.75) is 51.1 Å². The number of sulfonamides is 1. The number of anilines is 2. The summed E-state index contributed by atoms with van der Waals surface area (Å²) in [6.45, 7) is 8.85. The molecule has 0 fully saturated rings. The summed E-state index contributed by atoms with van der Waals surface area (Å²) in [5.74, 6) is -0.646. The molecule has 0 bridgehead atoms. The van der Waals surface area contributed by atoms with Crippen LogP contribution in [-0.4, -0.2) is 31.9 Å². The number of rotatable bonds is 7. The Morgan fingerprint density at radius 2 is 1.48 bits per heavy atom. The van der Waals surface area contributed by atoms with Crippen LogP contribution < -0.4 is 20.7 Å². The summed E-state index contributed by atoms with van der Waals surface area (Å²) in [6.07, 6.45) is 0. The van der Waals surface area contributed by atoms with Gasteiger partial charge in [-0.3, -0.25) is 4.79 Å². The van der Waals surface area contributed by atoms with Crippen LogP contribution in [0.25, 0.3) is 0 Å². The Morgan fingerprint density at radius 1 is 0.871 bits per heavy atom. The number of urea groups is 1. The second-order valence-electron chi connectivity index (χ2n) is 8.56. The third-order valence-corrected chi connectivity index (χ3v) is 5.88. The second-order valence-corrected chi connectivity index (χ2v) is 10.2. The average Bonchev–Trinajstić information content (AvgIpc) is 2.65. The Kier molecular flexibility index (Phi) is 7.80. The molecular formula is C22H30N4O4S. The Labute approximate surface area is 183 Å². The summed E-state index contributed by atoms with van der Waals surface area (Å²) in [5.41, 5.74) is 0.279. The molecule has 2 aromatic rings. The van der Waals surface area contributed by atoms with Crippen molar-refractivity contribution < 1.29 is 18.0 Å². The molecule has 3 amide bonds. The van der Waals surface area contributed by atoms with E-state index in [4.69, 9.17) is 0 Å². The van der Waals surface area contributed by atoms with Crippen LogP contribution >= 0.6 is 0 Å². The van der Waals surface area contributed by atoms with Gasteiger partial charge in [-0.1, -0.05) is 38.1 Å². The van der Waals surface area contributed by atoms with Crippen LogP contribution in [-0.2, 0) is 14.8 Å². The van der Waals surface area contributed by atoms with Crippen molar-refractivity contribution in [3.8, 4) is 0 Å². The standard InChI is InChI=1S/C22H30N4O4S/c1-15(2)19(25-21(28)24-16-10-7-6-8-11-16)20(27)23-17-12-9-13-18(14-17)31(29,30)26-22(3,4)5/h6-15,19,26H,1-5H3,(H,23,27)(H2,24,25,28). The summed E-state index contributed by atoms with van der Waals surface area (Å²) in [4.78, 5) is 25.2. The van der Waals surface area contributed by atoms with E-state index in [-0.39, 0.29) is 10.8 Å². The van der Waals surface area contributed by atoms with Gasteiger partial charge in [-0.15, -0.1) is 0 Å². The van der Waals surface area contributed by atoms with Gasteiger partial charge in [0, 0.05) is 16.9 Å². The first-order chi connectivity index (χ1) is 14.4. The lowest BCUT2D eigenvalue weighted by Crippen LogP contribution is -2.48. The molecule has 0 aliphatic carbocycles. The molecule has 4 N–H and O–H groups in total. The van der Waals surface area contributed by atoms with Gasteiger partial charge in [-0.05, 0) is 57.0 Å². The second kappa shape index (κ2) is 9.93. The molecular weight excluding hydrogens is 416 g/mol. The van der Waals surface area contributed by atoms with Crippen molar-refractivity contribution in [3.05, 3.63) is 54.6 Å². The molecule has 0 aliphatic heterocycles. The molecule has 0 heterocycles. The quantitative estimate of drug-likeness (QED) is 0.520. The first-order valence-corrected chi connectivity index (χ1v) is 11.4. The lowest BCUT2D eigenvalue weighted by molar-refractivity contribution is -0.118. The fourth-order valence-electron chi connectivity index (χ4n) is 2.79. The summed E-state index contributed by atoms with van der Waals surface area (Å²) >= 11 is 0. The maximum absolute atomic E-state index is 12.8. The molecule has 0 saturated heterocycles. The number of carbonyl (C=O) groups excluding carboxylic acids is 2. The molecule has 168 valence electrons. The van der Waals surface area contributed by atoms with Crippen LogP contribution in [0.1, 0.15) is 34.6 Å². The number of carbonyl (C=O) groups is 2. The maximum Gasteiger partial charge on any atom is 0.319 e. The van der Waals surface area contributed by atoms with Gasteiger partial charge in [0.15, 0.2) is 0 Å². The van der Waals surface area contributed by atoms with Crippen molar-refractivity contribution >= 4 is 33.3 Å². The van der Waals surface area contributed by atoms with E-state index >= 15 is 0 Å². The maximum atomic E-state index is 12.8. The molecule has 8 nitrogen and oxygen atoms in total. The lowest BCUT2D eigenvalue weighted by atomic mass is 10.0. The predicted octanol–water partition coefficient (Wildman–Crippen LogP) is 3.55. The zero-order chi connectivity index (χ0) is 23.2. The number of para-hydroxylation sites is 1. The Morgan fingerprint density at radius 3 is 2.06 bits per heavy atom. The Balaban J connectivity index is 2.11. The van der Waals surface area contributed by atoms with Crippen LogP contribution in [0, 0.1) is 5.92 Å². The van der Waals surface area contributed by atoms with Crippen molar-refractivity contribution in [1.82, 2.24) is 10.0 Å². The van der Waals surface area contributed by atoms with E-state index in [1.165, 1.54) is 12.1 Å². The highest BCUT2D eigenvalue weighted by molar-refractivity contribution is 7.89. The highest BCUT2D eigenvalue weighted by atomic mass is 32.2. The normalized spacial score (nSPS) is 12.8. The third-order valence-electron chi connectivity index (χ3n) is 4.12. The van der Waals surface area contributed by atoms with E-state index in [1.54, 1.807) is 71.0 Å². The topological polar surface area (TPSA) is 116 Å². The molecule has 1 atom stereocenters. The number of benzene rings is 2. The summed E-state index contributed by atoms with van der Waals surface area (Å²) < 4.78 is 27.7. The molecule has 0 aromatic heterocycles. The third kappa shape index (κ3) is 7.69. The number of hydrogen-bond donors (Lipinski definition) is 4. The van der Waals surface area contributed by atoms with Gasteiger partial charge in [0.25, 0.3) is 0 Å². The highest BCUT2D eigenvalue weighted by Gasteiger charge is 2.26. The van der Waals surface area contributed by atoms with Crippen LogP contribution in [0.4, 0.5) is 16.2 Å². The van der Waals surface area contributed by atoms with Crippen LogP contribution in [0.15, 0.2) is 59.5 Å². The Bertz CT molecular complexity index is 1020. The fraction of sp³-hybridized carbons (Fsp3) is 0.364. The molecule has 0 saturated carbocycles. The van der Waals surface area contributed by atoms with E-state index in [0.717, 1.165) is 0 Å². The smallest absolute Gasteiger partial charge is 0.319 e. The van der Waals surface area contributed by atoms with Crippen molar-refractivity contribution in [1.29, 1.82) is 0 Å². The minimum absolute atomic E-state index is 0.0381. The van der Waals surface area contributed by atoms with E-state index in [0.29, 0.717) is 11.4 Å². The molecule has 2 rings (SSSR count).